The quantitative estimate of drug-likeness (QED) is 0.831. The number of hydrogen-bond donors (Lipinski definition) is 0. The molecule has 0 fully saturated rings. The molecule has 0 saturated carbocycles. The van der Waals surface area contributed by atoms with Crippen LogP contribution in [0.5, 0.6) is 5.75 Å². The summed E-state index contributed by atoms with van der Waals surface area (Å²) in [4.78, 5) is 15.6. The predicted molar refractivity (Wildman–Crippen MR) is 86.5 cm³/mol. The number of alkyl halides is 2. The lowest BCUT2D eigenvalue weighted by Crippen LogP contribution is -2.32. The molecule has 2 aromatic carbocycles. The first-order valence-electron chi connectivity index (χ1n) is 7.24. The Hall–Kier alpha value is -2.08. The van der Waals surface area contributed by atoms with Gasteiger partial charge in [0.05, 0.1) is 11.3 Å². The summed E-state index contributed by atoms with van der Waals surface area (Å²) < 4.78 is 29.6. The van der Waals surface area contributed by atoms with Crippen LogP contribution in [0.15, 0.2) is 53.4 Å². The van der Waals surface area contributed by atoms with Crippen LogP contribution >= 0.6 is 11.8 Å². The highest BCUT2D eigenvalue weighted by molar-refractivity contribution is 7.99. The number of para-hydroxylation sites is 2. The molecular formula is C17H15F2NO2S. The molecule has 0 spiro atoms. The molecule has 0 aromatic heterocycles. The zero-order chi connectivity index (χ0) is 16.2. The number of carbonyl (C=O) groups is 1. The first-order valence-corrected chi connectivity index (χ1v) is 8.23. The molecule has 6 heteroatoms. The fourth-order valence-corrected chi connectivity index (χ4v) is 3.52. The Labute approximate surface area is 137 Å². The van der Waals surface area contributed by atoms with E-state index in [1.54, 1.807) is 28.8 Å². The molecule has 3 rings (SSSR count). The van der Waals surface area contributed by atoms with Crippen molar-refractivity contribution < 1.29 is 18.3 Å². The van der Waals surface area contributed by atoms with Gasteiger partial charge in [-0.1, -0.05) is 24.3 Å². The van der Waals surface area contributed by atoms with Gasteiger partial charge in [0, 0.05) is 11.4 Å². The molecule has 1 heterocycles. The molecule has 3 nitrogen and oxygen atoms in total. The zero-order valence-electron chi connectivity index (χ0n) is 12.2. The molecule has 1 aliphatic heterocycles. The largest absolute Gasteiger partial charge is 0.434 e. The predicted octanol–water partition coefficient (Wildman–Crippen LogP) is 4.43. The zero-order valence-corrected chi connectivity index (χ0v) is 13.1. The number of thioether (sulfide) groups is 1. The van der Waals surface area contributed by atoms with E-state index in [9.17, 15) is 13.6 Å². The molecule has 23 heavy (non-hydrogen) atoms. The molecule has 0 atom stereocenters. The van der Waals surface area contributed by atoms with Gasteiger partial charge in [0.15, 0.2) is 0 Å². The maximum absolute atomic E-state index is 12.9. The van der Waals surface area contributed by atoms with Crippen molar-refractivity contribution in [1.29, 1.82) is 0 Å². The van der Waals surface area contributed by atoms with E-state index in [1.165, 1.54) is 12.1 Å². The van der Waals surface area contributed by atoms with Gasteiger partial charge in [-0.25, -0.2) is 0 Å². The number of carbonyl (C=O) groups excluding carboxylic acids is 1. The summed E-state index contributed by atoms with van der Waals surface area (Å²) in [6, 6.07) is 13.7. The fraction of sp³-hybridized carbons (Fsp3) is 0.235. The van der Waals surface area contributed by atoms with Gasteiger partial charge in [-0.15, -0.1) is 11.8 Å². The summed E-state index contributed by atoms with van der Waals surface area (Å²) in [5, 5.41) is 0. The number of nitrogens with zero attached hydrogens (tertiary/aromatic N) is 1. The summed E-state index contributed by atoms with van der Waals surface area (Å²) in [6.07, 6.45) is 0.836. The monoisotopic (exact) mass is 335 g/mol. The SMILES string of the molecule is O=C(c1ccccc1OC(F)F)N1CCCSc2ccccc21. The van der Waals surface area contributed by atoms with E-state index in [2.05, 4.69) is 4.74 Å². The maximum atomic E-state index is 12.9. The summed E-state index contributed by atoms with van der Waals surface area (Å²) in [5.74, 6) is 0.494. The van der Waals surface area contributed by atoms with Crippen LogP contribution in [0.25, 0.3) is 0 Å². The smallest absolute Gasteiger partial charge is 0.387 e. The van der Waals surface area contributed by atoms with Gasteiger partial charge in [-0.05, 0) is 36.4 Å². The van der Waals surface area contributed by atoms with Crippen molar-refractivity contribution in [3.63, 3.8) is 0 Å². The normalized spacial score (nSPS) is 14.3. The van der Waals surface area contributed by atoms with Gasteiger partial charge >= 0.3 is 6.61 Å². The van der Waals surface area contributed by atoms with Crippen molar-refractivity contribution >= 4 is 23.4 Å². The van der Waals surface area contributed by atoms with Crippen molar-refractivity contribution in [2.45, 2.75) is 17.9 Å². The van der Waals surface area contributed by atoms with Gasteiger partial charge in [0.1, 0.15) is 5.75 Å². The Bertz CT molecular complexity index is 708. The number of anilines is 1. The molecule has 0 saturated heterocycles. The molecule has 0 radical (unpaired) electrons. The summed E-state index contributed by atoms with van der Waals surface area (Å²) >= 11 is 1.70. The summed E-state index contributed by atoms with van der Waals surface area (Å²) in [5.41, 5.74) is 0.960. The van der Waals surface area contributed by atoms with Crippen LogP contribution in [-0.2, 0) is 0 Å². The van der Waals surface area contributed by atoms with Crippen LogP contribution in [0.2, 0.25) is 0 Å². The van der Waals surface area contributed by atoms with Crippen LogP contribution in [0.3, 0.4) is 0 Å². The van der Waals surface area contributed by atoms with E-state index in [0.29, 0.717) is 6.54 Å². The number of rotatable bonds is 3. The number of amides is 1. The lowest BCUT2D eigenvalue weighted by Gasteiger charge is -2.23. The second-order valence-electron chi connectivity index (χ2n) is 5.00. The van der Waals surface area contributed by atoms with Crippen LogP contribution in [-0.4, -0.2) is 24.8 Å². The Morgan fingerprint density at radius 3 is 2.70 bits per heavy atom. The Morgan fingerprint density at radius 2 is 1.87 bits per heavy atom. The van der Waals surface area contributed by atoms with Gasteiger partial charge in [-0.2, -0.15) is 8.78 Å². The van der Waals surface area contributed by atoms with Crippen LogP contribution in [0.1, 0.15) is 16.8 Å². The third-order valence-corrected chi connectivity index (χ3v) is 4.67. The first-order chi connectivity index (χ1) is 11.2. The number of benzene rings is 2. The maximum Gasteiger partial charge on any atom is 0.387 e. The molecular weight excluding hydrogens is 320 g/mol. The summed E-state index contributed by atoms with van der Waals surface area (Å²) in [7, 11) is 0. The van der Waals surface area contributed by atoms with E-state index in [4.69, 9.17) is 0 Å². The first kappa shape index (κ1) is 15.8. The molecule has 0 unspecified atom stereocenters. The van der Waals surface area contributed by atoms with Crippen molar-refractivity contribution in [2.75, 3.05) is 17.2 Å². The second kappa shape index (κ2) is 7.00. The Morgan fingerprint density at radius 1 is 1.13 bits per heavy atom. The van der Waals surface area contributed by atoms with Crippen molar-refractivity contribution in [2.24, 2.45) is 0 Å². The van der Waals surface area contributed by atoms with Crippen molar-refractivity contribution in [3.8, 4) is 5.75 Å². The third kappa shape index (κ3) is 3.47. The highest BCUT2D eigenvalue weighted by atomic mass is 32.2. The highest BCUT2D eigenvalue weighted by Gasteiger charge is 2.25. The van der Waals surface area contributed by atoms with Crippen molar-refractivity contribution in [1.82, 2.24) is 0 Å². The van der Waals surface area contributed by atoms with E-state index >= 15 is 0 Å². The molecule has 0 aliphatic carbocycles. The lowest BCUT2D eigenvalue weighted by atomic mass is 10.1. The Balaban J connectivity index is 1.98. The van der Waals surface area contributed by atoms with Gasteiger partial charge in [0.25, 0.3) is 5.91 Å². The van der Waals surface area contributed by atoms with Crippen LogP contribution < -0.4 is 9.64 Å². The minimum absolute atomic E-state index is 0.0955. The van der Waals surface area contributed by atoms with Gasteiger partial charge < -0.3 is 9.64 Å². The lowest BCUT2D eigenvalue weighted by molar-refractivity contribution is -0.0501. The molecule has 1 aliphatic rings. The number of fused-ring (bicyclic) bond motifs is 1. The minimum atomic E-state index is -2.96. The minimum Gasteiger partial charge on any atom is -0.434 e. The van der Waals surface area contributed by atoms with E-state index in [0.717, 1.165) is 22.8 Å². The summed E-state index contributed by atoms with van der Waals surface area (Å²) in [6.45, 7) is -2.41. The van der Waals surface area contributed by atoms with Gasteiger partial charge in [-0.3, -0.25) is 4.79 Å². The van der Waals surface area contributed by atoms with Gasteiger partial charge in [0.2, 0.25) is 0 Å². The number of hydrogen-bond acceptors (Lipinski definition) is 3. The molecule has 1 amide bonds. The van der Waals surface area contributed by atoms with Crippen LogP contribution in [0, 0.1) is 0 Å². The Kier molecular flexibility index (Phi) is 4.81. The number of halogens is 2. The molecule has 120 valence electrons. The standard InChI is InChI=1S/C17H15F2NO2S/c18-17(19)22-14-8-3-1-6-12(14)16(21)20-10-5-11-23-15-9-4-2-7-13(15)20/h1-4,6-9,17H,5,10-11H2. The average Bonchev–Trinajstić information content (AvgIpc) is 2.76. The second-order valence-corrected chi connectivity index (χ2v) is 6.14. The number of ether oxygens (including phenoxy) is 1. The van der Waals surface area contributed by atoms with E-state index in [1.807, 2.05) is 24.3 Å². The molecule has 0 N–H and O–H groups in total. The third-order valence-electron chi connectivity index (χ3n) is 3.52. The van der Waals surface area contributed by atoms with Crippen molar-refractivity contribution in [3.05, 3.63) is 54.1 Å². The molecule has 2 aromatic rings. The van der Waals surface area contributed by atoms with Crippen LogP contribution in [0.4, 0.5) is 14.5 Å². The highest BCUT2D eigenvalue weighted by Crippen LogP contribution is 2.35. The molecule has 0 bridgehead atoms. The van der Waals surface area contributed by atoms with E-state index in [-0.39, 0.29) is 17.2 Å². The van der Waals surface area contributed by atoms with E-state index < -0.39 is 6.61 Å². The average molecular weight is 335 g/mol. The topological polar surface area (TPSA) is 29.5 Å². The fourth-order valence-electron chi connectivity index (χ4n) is 2.53.